The standard InChI is InChI=1S/C19H17F2N5O2/c1-10-5-12(6-11(2)17(10)21)24-19-23-8-14(20)18(25-28-19)26(19)13-3-4-16-15(7-13)22-9-27-16/h3-8,22,24-25H,9H2,1-2H3. The topological polar surface area (TPSA) is 70.2 Å². The Morgan fingerprint density at radius 2 is 1.96 bits per heavy atom. The van der Waals surface area contributed by atoms with Gasteiger partial charge in [-0.1, -0.05) is 0 Å². The number of hydrogen-bond acceptors (Lipinski definition) is 7. The smallest absolute Gasteiger partial charge is 0.352 e. The molecule has 144 valence electrons. The molecule has 0 aliphatic carbocycles. The summed E-state index contributed by atoms with van der Waals surface area (Å²) in [5.41, 5.74) is 5.58. The summed E-state index contributed by atoms with van der Waals surface area (Å²) < 4.78 is 33.9. The number of anilines is 3. The van der Waals surface area contributed by atoms with Crippen molar-refractivity contribution in [3.63, 3.8) is 0 Å². The Labute approximate surface area is 159 Å². The molecule has 0 radical (unpaired) electrons. The first kappa shape index (κ1) is 16.8. The number of aliphatic imine (C=N–C) groups is 1. The molecule has 2 aromatic rings. The predicted molar refractivity (Wildman–Crippen MR) is 101 cm³/mol. The molecule has 2 bridgehead atoms. The number of hydroxylamine groups is 1. The van der Waals surface area contributed by atoms with E-state index in [1.807, 2.05) is 6.07 Å². The zero-order valence-electron chi connectivity index (χ0n) is 15.1. The molecule has 2 aromatic carbocycles. The van der Waals surface area contributed by atoms with E-state index in [1.54, 1.807) is 43.0 Å². The number of benzene rings is 2. The lowest BCUT2D eigenvalue weighted by molar-refractivity contribution is -0.0214. The minimum atomic E-state index is -1.46. The second kappa shape index (κ2) is 5.83. The first-order valence-corrected chi connectivity index (χ1v) is 8.72. The number of rotatable bonds is 3. The number of ether oxygens (including phenoxy) is 1. The van der Waals surface area contributed by atoms with E-state index in [0.717, 1.165) is 11.9 Å². The third kappa shape index (κ3) is 2.40. The van der Waals surface area contributed by atoms with Crippen molar-refractivity contribution in [2.24, 2.45) is 4.99 Å². The van der Waals surface area contributed by atoms with Gasteiger partial charge < -0.3 is 15.4 Å². The maximum Gasteiger partial charge on any atom is 0.352 e. The van der Waals surface area contributed by atoms with Crippen LogP contribution in [0.15, 0.2) is 47.0 Å². The highest BCUT2D eigenvalue weighted by Gasteiger charge is 2.50. The zero-order valence-corrected chi connectivity index (χ0v) is 15.1. The van der Waals surface area contributed by atoms with Gasteiger partial charge in [0.05, 0.1) is 17.6 Å². The van der Waals surface area contributed by atoms with Crippen LogP contribution in [0.1, 0.15) is 11.1 Å². The summed E-state index contributed by atoms with van der Waals surface area (Å²) in [4.78, 5) is 11.5. The largest absolute Gasteiger partial charge is 0.471 e. The molecule has 9 heteroatoms. The van der Waals surface area contributed by atoms with Crippen molar-refractivity contribution in [1.29, 1.82) is 0 Å². The van der Waals surface area contributed by atoms with E-state index in [4.69, 9.17) is 9.57 Å². The molecule has 5 rings (SSSR count). The molecule has 3 aliphatic rings. The third-order valence-electron chi connectivity index (χ3n) is 4.85. The van der Waals surface area contributed by atoms with Gasteiger partial charge in [0.25, 0.3) is 0 Å². The minimum absolute atomic E-state index is 0.122. The first-order chi connectivity index (χ1) is 13.5. The number of fused-ring (bicyclic) bond motifs is 3. The lowest BCUT2D eigenvalue weighted by Crippen LogP contribution is -2.51. The molecule has 0 aromatic heterocycles. The summed E-state index contributed by atoms with van der Waals surface area (Å²) in [6, 6.07) is 8.71. The van der Waals surface area contributed by atoms with Crippen LogP contribution in [-0.4, -0.2) is 18.9 Å². The van der Waals surface area contributed by atoms with E-state index >= 15 is 0 Å². The van der Waals surface area contributed by atoms with E-state index in [-0.39, 0.29) is 11.6 Å². The quantitative estimate of drug-likeness (QED) is 0.752. The highest BCUT2D eigenvalue weighted by molar-refractivity contribution is 5.83. The molecule has 7 nitrogen and oxygen atoms in total. The molecular weight excluding hydrogens is 368 g/mol. The third-order valence-corrected chi connectivity index (χ3v) is 4.85. The monoisotopic (exact) mass is 385 g/mol. The summed E-state index contributed by atoms with van der Waals surface area (Å²) in [6.45, 7) is 3.73. The molecule has 1 saturated heterocycles. The van der Waals surface area contributed by atoms with Gasteiger partial charge in [-0.25, -0.2) is 24.1 Å². The molecule has 28 heavy (non-hydrogen) atoms. The van der Waals surface area contributed by atoms with E-state index in [9.17, 15) is 8.78 Å². The van der Waals surface area contributed by atoms with Gasteiger partial charge in [-0.05, 0) is 55.3 Å². The normalized spacial score (nSPS) is 21.9. The van der Waals surface area contributed by atoms with E-state index in [0.29, 0.717) is 35.0 Å². The van der Waals surface area contributed by atoms with E-state index in [1.165, 1.54) is 0 Å². The zero-order chi connectivity index (χ0) is 19.5. The maximum atomic E-state index is 14.4. The van der Waals surface area contributed by atoms with Crippen LogP contribution < -0.4 is 25.8 Å². The van der Waals surface area contributed by atoms with Gasteiger partial charge in [0, 0.05) is 5.69 Å². The lowest BCUT2D eigenvalue weighted by Gasteiger charge is -2.35. The summed E-state index contributed by atoms with van der Waals surface area (Å²) in [5.74, 6) is -1.46. The van der Waals surface area contributed by atoms with Crippen LogP contribution in [0.25, 0.3) is 0 Å². The fourth-order valence-electron chi connectivity index (χ4n) is 3.54. The molecule has 0 saturated carbocycles. The van der Waals surface area contributed by atoms with Crippen LogP contribution in [0, 0.1) is 19.7 Å². The number of hydrogen-bond donors (Lipinski definition) is 3. The highest BCUT2D eigenvalue weighted by Crippen LogP contribution is 2.42. The Morgan fingerprint density at radius 1 is 1.18 bits per heavy atom. The van der Waals surface area contributed by atoms with Crippen LogP contribution in [0.4, 0.5) is 25.8 Å². The summed E-state index contributed by atoms with van der Waals surface area (Å²) in [7, 11) is 0. The van der Waals surface area contributed by atoms with Crippen LogP contribution >= 0.6 is 0 Å². The predicted octanol–water partition coefficient (Wildman–Crippen LogP) is 3.49. The Balaban J connectivity index is 1.58. The number of nitrogens with zero attached hydrogens (tertiary/aromatic N) is 2. The molecular formula is C19H17F2N5O2. The summed E-state index contributed by atoms with van der Waals surface area (Å²) in [5, 5.41) is 6.26. The van der Waals surface area contributed by atoms with Crippen LogP contribution in [0.5, 0.6) is 5.75 Å². The Morgan fingerprint density at radius 3 is 2.75 bits per heavy atom. The van der Waals surface area contributed by atoms with Crippen molar-refractivity contribution >= 4 is 23.3 Å². The fourth-order valence-corrected chi connectivity index (χ4v) is 3.54. The van der Waals surface area contributed by atoms with Gasteiger partial charge in [-0.2, -0.15) is 0 Å². The molecule has 3 aliphatic heterocycles. The summed E-state index contributed by atoms with van der Waals surface area (Å²) in [6.07, 6.45) is 1.09. The highest BCUT2D eigenvalue weighted by atomic mass is 19.1. The molecule has 3 heterocycles. The molecule has 3 N–H and O–H groups in total. The Hall–Kier alpha value is -3.33. The van der Waals surface area contributed by atoms with Gasteiger partial charge in [0.15, 0.2) is 18.4 Å². The van der Waals surface area contributed by atoms with Crippen molar-refractivity contribution in [3.8, 4) is 5.75 Å². The Bertz CT molecular complexity index is 1030. The number of aryl methyl sites for hydroxylation is 2. The number of allylic oxidation sites excluding steroid dienone is 1. The average molecular weight is 385 g/mol. The van der Waals surface area contributed by atoms with Gasteiger partial charge in [-0.15, -0.1) is 0 Å². The van der Waals surface area contributed by atoms with Crippen molar-refractivity contribution in [2.75, 3.05) is 22.3 Å². The maximum absolute atomic E-state index is 14.4. The number of halogens is 2. The van der Waals surface area contributed by atoms with Crippen LogP contribution in [0.3, 0.4) is 0 Å². The van der Waals surface area contributed by atoms with Gasteiger partial charge >= 0.3 is 5.97 Å². The summed E-state index contributed by atoms with van der Waals surface area (Å²) >= 11 is 0. The first-order valence-electron chi connectivity index (χ1n) is 8.72. The van der Waals surface area contributed by atoms with Crippen molar-refractivity contribution < 1.29 is 18.4 Å². The van der Waals surface area contributed by atoms with Crippen molar-refractivity contribution in [2.45, 2.75) is 19.8 Å². The average Bonchev–Trinajstić information content (AvgIpc) is 3.24. The van der Waals surface area contributed by atoms with Crippen LogP contribution in [0.2, 0.25) is 0 Å². The molecule has 1 atom stereocenters. The van der Waals surface area contributed by atoms with Gasteiger partial charge in [-0.3, -0.25) is 4.90 Å². The van der Waals surface area contributed by atoms with E-state index < -0.39 is 11.8 Å². The van der Waals surface area contributed by atoms with Crippen LogP contribution in [-0.2, 0) is 4.84 Å². The Kier molecular flexibility index (Phi) is 3.50. The van der Waals surface area contributed by atoms with Crippen molar-refractivity contribution in [3.05, 3.63) is 58.9 Å². The second-order valence-electron chi connectivity index (χ2n) is 6.80. The fraction of sp³-hybridized carbons (Fsp3) is 0.211. The SMILES string of the molecule is Cc1cc(NC23N=CC(F)=C(NO2)N3c2ccc3c(c2)NCO3)cc(C)c1F. The van der Waals surface area contributed by atoms with Gasteiger partial charge in [0.2, 0.25) is 0 Å². The van der Waals surface area contributed by atoms with E-state index in [2.05, 4.69) is 21.1 Å². The number of nitrogens with one attached hydrogen (secondary N) is 3. The molecule has 0 amide bonds. The van der Waals surface area contributed by atoms with Gasteiger partial charge in [0.1, 0.15) is 11.6 Å². The van der Waals surface area contributed by atoms with Crippen molar-refractivity contribution in [1.82, 2.24) is 5.48 Å². The molecule has 1 unspecified atom stereocenters. The lowest BCUT2D eigenvalue weighted by atomic mass is 10.1. The second-order valence-corrected chi connectivity index (χ2v) is 6.80. The minimum Gasteiger partial charge on any atom is -0.471 e. The molecule has 1 fully saturated rings. The molecule has 0 spiro atoms.